The molecule has 0 spiro atoms. The molecule has 13 heteroatoms. The van der Waals surface area contributed by atoms with Crippen molar-refractivity contribution in [2.24, 2.45) is 34.8 Å². The number of carbonyl (C=O) groups is 4. The molecule has 0 rings (SSSR count). The Hall–Kier alpha value is -1.93. The smallest absolute Gasteiger partial charge is 0.320 e. The quantitative estimate of drug-likeness (QED) is 0.203. The highest BCUT2D eigenvalue weighted by atomic mass is 32.2. The van der Waals surface area contributed by atoms with Gasteiger partial charge in [-0.25, -0.2) is 0 Å². The Morgan fingerprint density at radius 2 is 1.23 bits per heavy atom. The highest BCUT2D eigenvalue weighted by Gasteiger charge is 2.17. The first-order valence-corrected chi connectivity index (χ1v) is 10.9. The molecule has 0 saturated heterocycles. The zero-order valence-electron chi connectivity index (χ0n) is 18.9. The number of carboxylic acid groups (broad SMARTS) is 4. The second kappa shape index (κ2) is 22.7. The highest BCUT2D eigenvalue weighted by molar-refractivity contribution is 7.98. The summed E-state index contributed by atoms with van der Waals surface area (Å²) in [6.45, 7) is 7.03. The molecule has 0 aromatic rings. The first-order valence-electron chi connectivity index (χ1n) is 9.46. The van der Waals surface area contributed by atoms with Gasteiger partial charge in [-0.15, -0.1) is 0 Å². The number of rotatable bonds is 10. The Bertz CT molecular complexity index is 509. The average Bonchev–Trinajstić information content (AvgIpc) is 2.70. The first-order chi connectivity index (χ1) is 14.1. The maximum atomic E-state index is 10.2. The van der Waals surface area contributed by atoms with Crippen molar-refractivity contribution in [1.29, 1.82) is 0 Å². The SMILES string of the molecule is CC(C)C(N)C(=O)O.CCC(C)C(N)C(=O)O.CSCCC(N)C(=O)O.NCC(=O)O. The molecule has 186 valence electrons. The highest BCUT2D eigenvalue weighted by Crippen LogP contribution is 2.04. The zero-order valence-corrected chi connectivity index (χ0v) is 19.7. The van der Waals surface area contributed by atoms with E-state index >= 15 is 0 Å². The van der Waals surface area contributed by atoms with Crippen LogP contribution in [-0.4, -0.2) is 81.0 Å². The van der Waals surface area contributed by atoms with Crippen LogP contribution >= 0.6 is 11.8 Å². The molecule has 31 heavy (non-hydrogen) atoms. The number of aliphatic carboxylic acids is 4. The van der Waals surface area contributed by atoms with Gasteiger partial charge in [0.1, 0.15) is 18.1 Å². The van der Waals surface area contributed by atoms with Crippen molar-refractivity contribution >= 4 is 35.6 Å². The summed E-state index contributed by atoms with van der Waals surface area (Å²) in [6.07, 6.45) is 3.29. The molecule has 4 unspecified atom stereocenters. The van der Waals surface area contributed by atoms with E-state index in [0.717, 1.165) is 12.2 Å². The summed E-state index contributed by atoms with van der Waals surface area (Å²) in [5, 5.41) is 32.5. The Balaban J connectivity index is -0.000000160. The Morgan fingerprint density at radius 1 is 0.839 bits per heavy atom. The van der Waals surface area contributed by atoms with E-state index in [9.17, 15) is 19.2 Å². The predicted molar refractivity (Wildman–Crippen MR) is 121 cm³/mol. The second-order valence-electron chi connectivity index (χ2n) is 6.68. The third kappa shape index (κ3) is 28.1. The minimum absolute atomic E-state index is 0.0208. The molecule has 0 fully saturated rings. The van der Waals surface area contributed by atoms with Crippen molar-refractivity contribution in [2.75, 3.05) is 18.6 Å². The van der Waals surface area contributed by atoms with E-state index in [1.165, 1.54) is 0 Å². The van der Waals surface area contributed by atoms with E-state index in [1.807, 2.05) is 20.1 Å². The van der Waals surface area contributed by atoms with Crippen LogP contribution in [0, 0.1) is 11.8 Å². The van der Waals surface area contributed by atoms with Gasteiger partial charge in [-0.05, 0) is 30.3 Å². The molecule has 0 aliphatic carbocycles. The Morgan fingerprint density at radius 3 is 1.35 bits per heavy atom. The van der Waals surface area contributed by atoms with Crippen LogP contribution in [0.4, 0.5) is 0 Å². The van der Waals surface area contributed by atoms with Crippen LogP contribution in [0.5, 0.6) is 0 Å². The Kier molecular flexibility index (Phi) is 26.7. The van der Waals surface area contributed by atoms with Crippen molar-refractivity contribution in [1.82, 2.24) is 0 Å². The van der Waals surface area contributed by atoms with E-state index in [0.29, 0.717) is 6.42 Å². The summed E-state index contributed by atoms with van der Waals surface area (Å²) in [7, 11) is 0. The maximum Gasteiger partial charge on any atom is 0.320 e. The first kappa shape index (κ1) is 36.4. The Labute approximate surface area is 187 Å². The largest absolute Gasteiger partial charge is 0.480 e. The van der Waals surface area contributed by atoms with Crippen LogP contribution in [0.25, 0.3) is 0 Å². The zero-order chi connectivity index (χ0) is 25.7. The summed E-state index contributed by atoms with van der Waals surface area (Å²) in [4.78, 5) is 39.5. The number of hydrogen-bond donors (Lipinski definition) is 8. The molecule has 12 N–H and O–H groups in total. The molecule has 0 saturated carbocycles. The van der Waals surface area contributed by atoms with Crippen molar-refractivity contribution in [3.63, 3.8) is 0 Å². The monoisotopic (exact) mass is 472 g/mol. The molecule has 0 bridgehead atoms. The topological polar surface area (TPSA) is 253 Å². The van der Waals surface area contributed by atoms with Gasteiger partial charge < -0.3 is 43.4 Å². The minimum atomic E-state index is -0.968. The lowest BCUT2D eigenvalue weighted by Gasteiger charge is -2.11. The van der Waals surface area contributed by atoms with E-state index < -0.39 is 42.0 Å². The lowest BCUT2D eigenvalue weighted by Crippen LogP contribution is -2.36. The molecule has 0 amide bonds. The van der Waals surface area contributed by atoms with Crippen LogP contribution in [0.15, 0.2) is 0 Å². The normalized spacial score (nSPS) is 13.5. The summed E-state index contributed by atoms with van der Waals surface area (Å²) in [5.41, 5.74) is 20.2. The van der Waals surface area contributed by atoms with Crippen LogP contribution in [0.2, 0.25) is 0 Å². The molecule has 0 heterocycles. The van der Waals surface area contributed by atoms with E-state index in [2.05, 4.69) is 5.73 Å². The van der Waals surface area contributed by atoms with Crippen molar-refractivity contribution in [2.45, 2.75) is 58.7 Å². The van der Waals surface area contributed by atoms with E-state index in [1.54, 1.807) is 25.6 Å². The fraction of sp³-hybridized carbons (Fsp3) is 0.778. The van der Waals surface area contributed by atoms with Crippen LogP contribution in [0.1, 0.15) is 40.5 Å². The fourth-order valence-corrected chi connectivity index (χ4v) is 1.64. The van der Waals surface area contributed by atoms with Crippen LogP contribution in [-0.2, 0) is 19.2 Å². The third-order valence-electron chi connectivity index (χ3n) is 3.67. The van der Waals surface area contributed by atoms with Gasteiger partial charge in [0, 0.05) is 0 Å². The minimum Gasteiger partial charge on any atom is -0.480 e. The third-order valence-corrected chi connectivity index (χ3v) is 4.31. The number of hydrogen-bond acceptors (Lipinski definition) is 9. The lowest BCUT2D eigenvalue weighted by atomic mass is 10.0. The molecular formula is C18H40N4O8S. The predicted octanol–water partition coefficient (Wildman–Crippen LogP) is -0.320. The van der Waals surface area contributed by atoms with Gasteiger partial charge in [-0.3, -0.25) is 19.2 Å². The van der Waals surface area contributed by atoms with E-state index in [-0.39, 0.29) is 18.4 Å². The van der Waals surface area contributed by atoms with Gasteiger partial charge in [0.25, 0.3) is 0 Å². The molecule has 0 aromatic heterocycles. The molecule has 0 aromatic carbocycles. The molecule has 12 nitrogen and oxygen atoms in total. The maximum absolute atomic E-state index is 10.2. The van der Waals surface area contributed by atoms with Crippen LogP contribution in [0.3, 0.4) is 0 Å². The number of carboxylic acids is 4. The molecule has 0 aliphatic rings. The van der Waals surface area contributed by atoms with Crippen molar-refractivity contribution < 1.29 is 39.6 Å². The molecule has 4 atom stereocenters. The van der Waals surface area contributed by atoms with Crippen LogP contribution < -0.4 is 22.9 Å². The summed E-state index contributed by atoms with van der Waals surface area (Å²) in [5.74, 6) is -2.82. The second-order valence-corrected chi connectivity index (χ2v) is 7.67. The molecular weight excluding hydrogens is 432 g/mol. The standard InChI is InChI=1S/C6H13NO2.C5H11NO2S.C5H11NO2.C2H5NO2/c1-3-4(2)5(7)6(8)9;1-9-3-2-4(6)5(7)8;1-3(2)4(6)5(7)8;3-1-2(4)5/h4-5H,3,7H2,1-2H3,(H,8,9);4H,2-3,6H2,1H3,(H,7,8);3-4H,6H2,1-2H3,(H,7,8);1,3H2,(H,4,5). The summed E-state index contributed by atoms with van der Waals surface area (Å²) < 4.78 is 0. The number of thioether (sulfide) groups is 1. The van der Waals surface area contributed by atoms with Gasteiger partial charge in [-0.1, -0.05) is 34.1 Å². The van der Waals surface area contributed by atoms with Crippen molar-refractivity contribution in [3.05, 3.63) is 0 Å². The summed E-state index contributed by atoms with van der Waals surface area (Å²) >= 11 is 1.60. The fourth-order valence-electron chi connectivity index (χ4n) is 1.15. The van der Waals surface area contributed by atoms with Crippen molar-refractivity contribution in [3.8, 4) is 0 Å². The molecule has 0 radical (unpaired) electrons. The van der Waals surface area contributed by atoms with Gasteiger partial charge in [0.2, 0.25) is 0 Å². The molecule has 0 aliphatic heterocycles. The average molecular weight is 473 g/mol. The van der Waals surface area contributed by atoms with Gasteiger partial charge in [-0.2, -0.15) is 11.8 Å². The lowest BCUT2D eigenvalue weighted by molar-refractivity contribution is -0.140. The van der Waals surface area contributed by atoms with Gasteiger partial charge >= 0.3 is 23.9 Å². The van der Waals surface area contributed by atoms with E-state index in [4.69, 9.17) is 37.6 Å². The number of nitrogens with two attached hydrogens (primary N) is 4. The summed E-state index contributed by atoms with van der Waals surface area (Å²) in [6, 6.07) is -2.09. The van der Waals surface area contributed by atoms with Gasteiger partial charge in [0.05, 0.1) is 6.54 Å². The van der Waals surface area contributed by atoms with Gasteiger partial charge in [0.15, 0.2) is 0 Å².